The molecule has 2 aliphatic rings. The molecular weight excluding hydrogens is 234 g/mol. The van der Waals surface area contributed by atoms with Crippen LogP contribution in [0.4, 0.5) is 0 Å². The maximum Gasteiger partial charge on any atom is 0.126 e. The van der Waals surface area contributed by atoms with E-state index in [1.807, 2.05) is 0 Å². The lowest BCUT2D eigenvalue weighted by molar-refractivity contribution is 0.267. The SMILES string of the molecule is CCCC1CCC(N)C(c2cccc3c2OCC3)C1. The minimum absolute atomic E-state index is 0.309. The minimum atomic E-state index is 0.309. The number of fused-ring (bicyclic) bond motifs is 1. The van der Waals surface area contributed by atoms with E-state index in [-0.39, 0.29) is 0 Å². The first-order chi connectivity index (χ1) is 9.29. The summed E-state index contributed by atoms with van der Waals surface area (Å²) in [4.78, 5) is 0. The standard InChI is InChI=1S/C17H25NO/c1-2-4-12-7-8-16(18)15(11-12)14-6-3-5-13-9-10-19-17(13)14/h3,5-6,12,15-16H,2,4,7-11,18H2,1H3. The molecule has 2 N–H and O–H groups in total. The highest BCUT2D eigenvalue weighted by molar-refractivity contribution is 5.46. The van der Waals surface area contributed by atoms with Gasteiger partial charge in [0.2, 0.25) is 0 Å². The summed E-state index contributed by atoms with van der Waals surface area (Å²) in [7, 11) is 0. The molecule has 0 aromatic heterocycles. The first-order valence-electron chi connectivity index (χ1n) is 7.79. The molecule has 1 heterocycles. The van der Waals surface area contributed by atoms with Crippen molar-refractivity contribution in [3.8, 4) is 5.75 Å². The van der Waals surface area contributed by atoms with Gasteiger partial charge in [0.1, 0.15) is 5.75 Å². The molecule has 104 valence electrons. The number of ether oxygens (including phenoxy) is 1. The first kappa shape index (κ1) is 13.0. The summed E-state index contributed by atoms with van der Waals surface area (Å²) in [6.07, 6.45) is 7.41. The highest BCUT2D eigenvalue weighted by Gasteiger charge is 2.32. The average Bonchev–Trinajstić information content (AvgIpc) is 2.89. The Morgan fingerprint density at radius 1 is 1.32 bits per heavy atom. The van der Waals surface area contributed by atoms with Crippen LogP contribution in [0.5, 0.6) is 5.75 Å². The molecule has 1 aliphatic carbocycles. The van der Waals surface area contributed by atoms with E-state index in [2.05, 4.69) is 25.1 Å². The van der Waals surface area contributed by atoms with E-state index in [0.717, 1.165) is 24.7 Å². The van der Waals surface area contributed by atoms with E-state index in [1.54, 1.807) is 0 Å². The van der Waals surface area contributed by atoms with Crippen molar-refractivity contribution in [2.75, 3.05) is 6.61 Å². The van der Waals surface area contributed by atoms with Crippen LogP contribution in [0, 0.1) is 5.92 Å². The van der Waals surface area contributed by atoms with Crippen molar-refractivity contribution in [3.05, 3.63) is 29.3 Å². The van der Waals surface area contributed by atoms with Crippen LogP contribution in [0.15, 0.2) is 18.2 Å². The van der Waals surface area contributed by atoms with Gasteiger partial charge in [-0.05, 0) is 36.3 Å². The lowest BCUT2D eigenvalue weighted by Gasteiger charge is -2.35. The smallest absolute Gasteiger partial charge is 0.126 e. The van der Waals surface area contributed by atoms with Gasteiger partial charge in [-0.3, -0.25) is 0 Å². The molecule has 2 nitrogen and oxygen atoms in total. The Morgan fingerprint density at radius 3 is 3.05 bits per heavy atom. The van der Waals surface area contributed by atoms with Crippen molar-refractivity contribution in [1.82, 2.24) is 0 Å². The van der Waals surface area contributed by atoms with Crippen molar-refractivity contribution in [2.45, 2.75) is 57.4 Å². The molecule has 1 saturated carbocycles. The molecule has 0 bridgehead atoms. The Balaban J connectivity index is 1.85. The minimum Gasteiger partial charge on any atom is -0.493 e. The Morgan fingerprint density at radius 2 is 2.21 bits per heavy atom. The lowest BCUT2D eigenvalue weighted by atomic mass is 9.73. The second-order valence-corrected chi connectivity index (χ2v) is 6.17. The fraction of sp³-hybridized carbons (Fsp3) is 0.647. The summed E-state index contributed by atoms with van der Waals surface area (Å²) in [5.41, 5.74) is 9.16. The predicted molar refractivity (Wildman–Crippen MR) is 78.6 cm³/mol. The monoisotopic (exact) mass is 259 g/mol. The molecule has 19 heavy (non-hydrogen) atoms. The van der Waals surface area contributed by atoms with Gasteiger partial charge in [-0.15, -0.1) is 0 Å². The van der Waals surface area contributed by atoms with Gasteiger partial charge in [-0.1, -0.05) is 38.0 Å². The van der Waals surface area contributed by atoms with E-state index in [1.165, 1.54) is 43.2 Å². The van der Waals surface area contributed by atoms with E-state index in [9.17, 15) is 0 Å². The van der Waals surface area contributed by atoms with Crippen LogP contribution in [-0.2, 0) is 6.42 Å². The molecule has 3 atom stereocenters. The Bertz CT molecular complexity index is 443. The van der Waals surface area contributed by atoms with Gasteiger partial charge < -0.3 is 10.5 Å². The van der Waals surface area contributed by atoms with Crippen molar-refractivity contribution in [1.29, 1.82) is 0 Å². The second-order valence-electron chi connectivity index (χ2n) is 6.17. The number of benzene rings is 1. The van der Waals surface area contributed by atoms with Gasteiger partial charge in [-0.25, -0.2) is 0 Å². The van der Waals surface area contributed by atoms with Crippen LogP contribution in [0.25, 0.3) is 0 Å². The maximum atomic E-state index is 6.41. The molecule has 0 saturated heterocycles. The average molecular weight is 259 g/mol. The quantitative estimate of drug-likeness (QED) is 0.899. The Kier molecular flexibility index (Phi) is 3.79. The lowest BCUT2D eigenvalue weighted by Crippen LogP contribution is -2.34. The molecule has 2 heteroatoms. The molecule has 0 amide bonds. The number of nitrogens with two attached hydrogens (primary N) is 1. The zero-order valence-electron chi connectivity index (χ0n) is 11.9. The van der Waals surface area contributed by atoms with Crippen LogP contribution in [0.3, 0.4) is 0 Å². The van der Waals surface area contributed by atoms with E-state index < -0.39 is 0 Å². The number of hydrogen-bond donors (Lipinski definition) is 1. The van der Waals surface area contributed by atoms with Gasteiger partial charge in [0.25, 0.3) is 0 Å². The molecular formula is C17H25NO. The number of hydrogen-bond acceptors (Lipinski definition) is 2. The van der Waals surface area contributed by atoms with Gasteiger partial charge in [0.05, 0.1) is 6.61 Å². The van der Waals surface area contributed by atoms with E-state index in [0.29, 0.717) is 12.0 Å². The molecule has 1 aromatic carbocycles. The summed E-state index contributed by atoms with van der Waals surface area (Å²) in [6, 6.07) is 6.93. The van der Waals surface area contributed by atoms with Crippen LogP contribution in [-0.4, -0.2) is 12.6 Å². The van der Waals surface area contributed by atoms with Gasteiger partial charge >= 0.3 is 0 Å². The highest BCUT2D eigenvalue weighted by atomic mass is 16.5. The third-order valence-corrected chi connectivity index (χ3v) is 4.85. The first-order valence-corrected chi connectivity index (χ1v) is 7.79. The topological polar surface area (TPSA) is 35.2 Å². The van der Waals surface area contributed by atoms with E-state index >= 15 is 0 Å². The molecule has 1 aromatic rings. The summed E-state index contributed by atoms with van der Waals surface area (Å²) in [6.45, 7) is 3.12. The van der Waals surface area contributed by atoms with Crippen molar-refractivity contribution >= 4 is 0 Å². The summed E-state index contributed by atoms with van der Waals surface area (Å²) in [5, 5.41) is 0. The normalized spacial score (nSPS) is 29.9. The summed E-state index contributed by atoms with van der Waals surface area (Å²) < 4.78 is 5.87. The van der Waals surface area contributed by atoms with Gasteiger partial charge in [0, 0.05) is 18.4 Å². The van der Waals surface area contributed by atoms with Crippen molar-refractivity contribution in [3.63, 3.8) is 0 Å². The molecule has 0 radical (unpaired) electrons. The highest BCUT2D eigenvalue weighted by Crippen LogP contribution is 2.43. The summed E-state index contributed by atoms with van der Waals surface area (Å²) >= 11 is 0. The van der Waals surface area contributed by atoms with Crippen LogP contribution in [0.2, 0.25) is 0 Å². The van der Waals surface area contributed by atoms with Gasteiger partial charge in [0.15, 0.2) is 0 Å². The number of para-hydroxylation sites is 1. The van der Waals surface area contributed by atoms with Crippen molar-refractivity contribution in [2.24, 2.45) is 11.7 Å². The maximum absolute atomic E-state index is 6.41. The zero-order valence-corrected chi connectivity index (χ0v) is 11.9. The molecule has 1 aliphatic heterocycles. The predicted octanol–water partition coefficient (Wildman–Crippen LogP) is 3.63. The van der Waals surface area contributed by atoms with Gasteiger partial charge in [-0.2, -0.15) is 0 Å². The largest absolute Gasteiger partial charge is 0.493 e. The third kappa shape index (κ3) is 2.51. The van der Waals surface area contributed by atoms with Crippen molar-refractivity contribution < 1.29 is 4.74 Å². The summed E-state index contributed by atoms with van der Waals surface area (Å²) in [5.74, 6) is 2.51. The molecule has 3 rings (SSSR count). The van der Waals surface area contributed by atoms with E-state index in [4.69, 9.17) is 10.5 Å². The molecule has 3 unspecified atom stereocenters. The Hall–Kier alpha value is -1.02. The zero-order chi connectivity index (χ0) is 13.2. The van der Waals surface area contributed by atoms with Crippen LogP contribution in [0.1, 0.15) is 56.1 Å². The van der Waals surface area contributed by atoms with Crippen LogP contribution < -0.4 is 10.5 Å². The second kappa shape index (κ2) is 5.54. The number of rotatable bonds is 3. The van der Waals surface area contributed by atoms with Crippen LogP contribution >= 0.6 is 0 Å². The molecule has 1 fully saturated rings. The molecule has 0 spiro atoms. The third-order valence-electron chi connectivity index (χ3n) is 4.85. The Labute approximate surface area is 116 Å². The fourth-order valence-corrected chi connectivity index (χ4v) is 3.84. The fourth-order valence-electron chi connectivity index (χ4n) is 3.84.